The number of allylic oxidation sites excluding steroid dienone is 2. The van der Waals surface area contributed by atoms with E-state index in [1.54, 1.807) is 26.0 Å². The molecule has 4 aliphatic rings. The lowest BCUT2D eigenvalue weighted by molar-refractivity contribution is -0.215. The van der Waals surface area contributed by atoms with Crippen LogP contribution in [0.15, 0.2) is 23.8 Å². The topological polar surface area (TPSA) is 132 Å². The first-order valence-electron chi connectivity index (χ1n) is 11.4. The first-order valence-corrected chi connectivity index (χ1v) is 12.0. The van der Waals surface area contributed by atoms with E-state index < -0.39 is 83.3 Å². The summed E-state index contributed by atoms with van der Waals surface area (Å²) < 4.78 is 22.8. The van der Waals surface area contributed by atoms with E-state index in [1.165, 1.54) is 26.8 Å². The SMILES string of the molecule is CC(=O)O[C@@H]1[C@H](C)[C@@H]2[C@H](OC(C)=O)[C@@]3(O)[C@H](/C=C(CCl)\C=C/[C@H](O)[C@@]2(C)[C@H]2O[C@@H]12)OC(=O)[C@@H]3C. The number of hydrogen-bond acceptors (Lipinski definition) is 9. The zero-order valence-electron chi connectivity index (χ0n) is 19.8. The summed E-state index contributed by atoms with van der Waals surface area (Å²) in [5, 5.41) is 23.6. The number of aliphatic hydroxyl groups excluding tert-OH is 1. The lowest BCUT2D eigenvalue weighted by atomic mass is 9.54. The molecule has 0 aromatic rings. The van der Waals surface area contributed by atoms with Gasteiger partial charge in [0.1, 0.15) is 18.3 Å². The van der Waals surface area contributed by atoms with Gasteiger partial charge in [0.25, 0.3) is 0 Å². The Hall–Kier alpha value is -1.94. The van der Waals surface area contributed by atoms with Gasteiger partial charge in [-0.1, -0.05) is 26.0 Å². The van der Waals surface area contributed by atoms with Crippen molar-refractivity contribution >= 4 is 29.5 Å². The largest absolute Gasteiger partial charge is 0.459 e. The molecule has 11 atom stereocenters. The number of aliphatic hydroxyl groups is 2. The van der Waals surface area contributed by atoms with Crippen LogP contribution in [0.2, 0.25) is 0 Å². The van der Waals surface area contributed by atoms with Crippen molar-refractivity contribution in [3.05, 3.63) is 23.8 Å². The molecule has 0 amide bonds. The molecule has 188 valence electrons. The Morgan fingerprint density at radius 1 is 1.21 bits per heavy atom. The van der Waals surface area contributed by atoms with Crippen LogP contribution in [0.4, 0.5) is 0 Å². The highest BCUT2D eigenvalue weighted by molar-refractivity contribution is 6.19. The second-order valence-electron chi connectivity index (χ2n) is 10.0. The van der Waals surface area contributed by atoms with Gasteiger partial charge in [-0.05, 0) is 18.6 Å². The van der Waals surface area contributed by atoms with E-state index >= 15 is 0 Å². The molecular weight excluding hydrogens is 468 g/mol. The van der Waals surface area contributed by atoms with Gasteiger partial charge in [-0.25, -0.2) is 0 Å². The maximum atomic E-state index is 12.7. The van der Waals surface area contributed by atoms with Crippen molar-refractivity contribution in [2.75, 3.05) is 5.88 Å². The molecule has 0 aromatic heterocycles. The fourth-order valence-electron chi connectivity index (χ4n) is 6.20. The average molecular weight is 499 g/mol. The maximum absolute atomic E-state index is 12.7. The quantitative estimate of drug-likeness (QED) is 0.255. The number of halogens is 1. The molecule has 0 spiro atoms. The van der Waals surface area contributed by atoms with Crippen molar-refractivity contribution in [2.45, 2.75) is 76.8 Å². The van der Waals surface area contributed by atoms with Crippen molar-refractivity contribution in [2.24, 2.45) is 23.2 Å². The van der Waals surface area contributed by atoms with Crippen molar-refractivity contribution in [1.82, 2.24) is 0 Å². The standard InChI is InChI=1S/C24H31ClO9/c1-10-17-20(32-13(4)27)24(30)11(2)22(29)33-16(24)8-14(9-25)6-7-15(28)23(17,5)21-19(34-21)18(10)31-12(3)26/h6-8,10-11,15-21,28,30H,9H2,1-5H3/b7-6-,14-8+/t10-,11+,15+,16+,17-,18-,19+,20+,21+,23-,24+/m1/s1. The Labute approximate surface area is 203 Å². The molecule has 4 rings (SSSR count). The maximum Gasteiger partial charge on any atom is 0.312 e. The molecule has 2 aliphatic heterocycles. The minimum Gasteiger partial charge on any atom is -0.459 e. The van der Waals surface area contributed by atoms with Gasteiger partial charge in [0.15, 0.2) is 11.7 Å². The predicted molar refractivity (Wildman–Crippen MR) is 118 cm³/mol. The smallest absolute Gasteiger partial charge is 0.312 e. The lowest BCUT2D eigenvalue weighted by Gasteiger charge is -2.53. The predicted octanol–water partition coefficient (Wildman–Crippen LogP) is 1.28. The van der Waals surface area contributed by atoms with Crippen LogP contribution in [0.3, 0.4) is 0 Å². The van der Waals surface area contributed by atoms with Crippen LogP contribution >= 0.6 is 11.6 Å². The molecule has 1 saturated carbocycles. The molecule has 0 radical (unpaired) electrons. The summed E-state index contributed by atoms with van der Waals surface area (Å²) in [5.74, 6) is -4.15. The second kappa shape index (κ2) is 8.62. The summed E-state index contributed by atoms with van der Waals surface area (Å²) >= 11 is 6.10. The zero-order valence-corrected chi connectivity index (χ0v) is 20.5. The van der Waals surface area contributed by atoms with Gasteiger partial charge in [0.2, 0.25) is 0 Å². The highest BCUT2D eigenvalue weighted by atomic mass is 35.5. The van der Waals surface area contributed by atoms with E-state index in [0.717, 1.165) is 0 Å². The summed E-state index contributed by atoms with van der Waals surface area (Å²) in [6, 6.07) is 0. The van der Waals surface area contributed by atoms with Crippen LogP contribution in [0.5, 0.6) is 0 Å². The molecule has 0 aromatic carbocycles. The fourth-order valence-corrected chi connectivity index (χ4v) is 6.37. The minimum atomic E-state index is -1.98. The van der Waals surface area contributed by atoms with E-state index in [9.17, 15) is 24.6 Å². The van der Waals surface area contributed by atoms with Crippen LogP contribution < -0.4 is 0 Å². The van der Waals surface area contributed by atoms with Gasteiger partial charge >= 0.3 is 17.9 Å². The van der Waals surface area contributed by atoms with Gasteiger partial charge in [-0.3, -0.25) is 14.4 Å². The van der Waals surface area contributed by atoms with Crippen LogP contribution in [-0.2, 0) is 33.3 Å². The number of carbonyl (C=O) groups is 3. The number of epoxide rings is 1. The van der Waals surface area contributed by atoms with Gasteiger partial charge in [0.05, 0.1) is 18.1 Å². The van der Waals surface area contributed by atoms with Crippen molar-refractivity contribution in [3.8, 4) is 0 Å². The Balaban J connectivity index is 1.95. The molecular formula is C24H31ClO9. The molecule has 2 saturated heterocycles. The number of esters is 3. The highest BCUT2D eigenvalue weighted by Crippen LogP contribution is 2.61. The van der Waals surface area contributed by atoms with Gasteiger partial charge < -0.3 is 29.2 Å². The van der Waals surface area contributed by atoms with E-state index in [4.69, 9.17) is 30.5 Å². The summed E-state index contributed by atoms with van der Waals surface area (Å²) in [5.41, 5.74) is -2.53. The van der Waals surface area contributed by atoms with Crippen LogP contribution in [0.1, 0.15) is 34.6 Å². The summed E-state index contributed by atoms with van der Waals surface area (Å²) in [6.45, 7) is 7.60. The third-order valence-corrected chi connectivity index (χ3v) is 8.35. The Morgan fingerprint density at radius 2 is 1.85 bits per heavy atom. The number of carbonyl (C=O) groups excluding carboxylic acids is 3. The number of hydrogen-bond donors (Lipinski definition) is 2. The van der Waals surface area contributed by atoms with E-state index in [-0.39, 0.29) is 5.88 Å². The van der Waals surface area contributed by atoms with Gasteiger partial charge in [-0.15, -0.1) is 11.6 Å². The van der Waals surface area contributed by atoms with E-state index in [0.29, 0.717) is 5.57 Å². The van der Waals surface area contributed by atoms with E-state index in [2.05, 4.69) is 0 Å². The number of alkyl halides is 1. The Kier molecular flexibility index (Phi) is 6.38. The van der Waals surface area contributed by atoms with Crippen molar-refractivity contribution in [3.63, 3.8) is 0 Å². The molecule has 2 N–H and O–H groups in total. The number of rotatable bonds is 3. The van der Waals surface area contributed by atoms with Gasteiger partial charge in [-0.2, -0.15) is 0 Å². The molecule has 3 fully saturated rings. The zero-order chi connectivity index (χ0) is 25.2. The summed E-state index contributed by atoms with van der Waals surface area (Å²) in [4.78, 5) is 36.9. The third-order valence-electron chi connectivity index (χ3n) is 8.04. The molecule has 0 unspecified atom stereocenters. The summed E-state index contributed by atoms with van der Waals surface area (Å²) in [6.07, 6.45) is -0.524. The fraction of sp³-hybridized carbons (Fsp3) is 0.708. The highest BCUT2D eigenvalue weighted by Gasteiger charge is 2.74. The first-order chi connectivity index (χ1) is 15.9. The number of fused-ring (bicyclic) bond motifs is 4. The third kappa shape index (κ3) is 3.68. The molecule has 0 bridgehead atoms. The molecule has 2 heterocycles. The molecule has 10 heteroatoms. The molecule has 9 nitrogen and oxygen atoms in total. The minimum absolute atomic E-state index is 0.0353. The Morgan fingerprint density at radius 3 is 2.44 bits per heavy atom. The van der Waals surface area contributed by atoms with E-state index in [1.807, 2.05) is 0 Å². The second-order valence-corrected chi connectivity index (χ2v) is 10.3. The first kappa shape index (κ1) is 25.2. The normalized spacial score (nSPS) is 49.8. The van der Waals surface area contributed by atoms with Crippen LogP contribution in [0.25, 0.3) is 0 Å². The summed E-state index contributed by atoms with van der Waals surface area (Å²) in [7, 11) is 0. The number of ether oxygens (including phenoxy) is 4. The van der Waals surface area contributed by atoms with Crippen LogP contribution in [0, 0.1) is 23.2 Å². The average Bonchev–Trinajstić information content (AvgIpc) is 3.53. The van der Waals surface area contributed by atoms with Crippen molar-refractivity contribution in [1.29, 1.82) is 0 Å². The molecule has 2 aliphatic carbocycles. The monoisotopic (exact) mass is 498 g/mol. The van der Waals surface area contributed by atoms with Gasteiger partial charge in [0, 0.05) is 37.0 Å². The Bertz CT molecular complexity index is 947. The van der Waals surface area contributed by atoms with Crippen LogP contribution in [-0.4, -0.2) is 76.2 Å². The van der Waals surface area contributed by atoms with Crippen molar-refractivity contribution < 1.29 is 43.5 Å². The lowest BCUT2D eigenvalue weighted by Crippen LogP contribution is -2.66. The molecule has 34 heavy (non-hydrogen) atoms.